The number of morpholine rings is 1. The molecular formula is C16H18N4O2. The fourth-order valence-electron chi connectivity index (χ4n) is 3.18. The van der Waals surface area contributed by atoms with Crippen LogP contribution in [0.3, 0.4) is 0 Å². The van der Waals surface area contributed by atoms with E-state index in [2.05, 4.69) is 44.7 Å². The van der Waals surface area contributed by atoms with Crippen molar-refractivity contribution in [1.82, 2.24) is 10.2 Å². The van der Waals surface area contributed by atoms with E-state index in [-0.39, 0.29) is 11.8 Å². The number of aromatic nitrogens is 2. The van der Waals surface area contributed by atoms with Crippen LogP contribution in [0.5, 0.6) is 0 Å². The van der Waals surface area contributed by atoms with Crippen LogP contribution in [0.4, 0.5) is 11.5 Å². The van der Waals surface area contributed by atoms with Crippen LogP contribution in [0.25, 0.3) is 0 Å². The number of nitrogens with zero attached hydrogens (tertiary/aromatic N) is 2. The van der Waals surface area contributed by atoms with Gasteiger partial charge in [-0.2, -0.15) is 5.10 Å². The van der Waals surface area contributed by atoms with Gasteiger partial charge in [0.1, 0.15) is 5.82 Å². The number of anilines is 2. The minimum Gasteiger partial charge on any atom is -0.378 e. The molecule has 1 aromatic heterocycles. The first-order valence-corrected chi connectivity index (χ1v) is 7.57. The number of ether oxygens (including phenoxy) is 1. The normalized spacial score (nSPS) is 21.4. The zero-order valence-corrected chi connectivity index (χ0v) is 12.2. The van der Waals surface area contributed by atoms with Gasteiger partial charge in [0, 0.05) is 36.7 Å². The van der Waals surface area contributed by atoms with E-state index in [1.165, 1.54) is 5.69 Å². The second-order valence-corrected chi connectivity index (χ2v) is 5.70. The van der Waals surface area contributed by atoms with E-state index in [9.17, 15) is 4.79 Å². The molecule has 2 aromatic rings. The topological polar surface area (TPSA) is 70.2 Å². The lowest BCUT2D eigenvalue weighted by atomic mass is 9.87. The summed E-state index contributed by atoms with van der Waals surface area (Å²) in [7, 11) is 0. The Morgan fingerprint density at radius 3 is 2.73 bits per heavy atom. The average molecular weight is 298 g/mol. The first-order valence-electron chi connectivity index (χ1n) is 7.57. The molecular weight excluding hydrogens is 280 g/mol. The van der Waals surface area contributed by atoms with Crippen LogP contribution >= 0.6 is 0 Å². The van der Waals surface area contributed by atoms with Crippen molar-refractivity contribution in [3.8, 4) is 0 Å². The third-order valence-electron chi connectivity index (χ3n) is 4.37. The van der Waals surface area contributed by atoms with Gasteiger partial charge in [0.25, 0.3) is 0 Å². The van der Waals surface area contributed by atoms with Crippen molar-refractivity contribution in [1.29, 1.82) is 0 Å². The lowest BCUT2D eigenvalue weighted by Crippen LogP contribution is -2.36. The van der Waals surface area contributed by atoms with Crippen molar-refractivity contribution < 1.29 is 9.53 Å². The van der Waals surface area contributed by atoms with E-state index in [1.807, 2.05) is 0 Å². The van der Waals surface area contributed by atoms with Crippen molar-refractivity contribution >= 4 is 17.4 Å². The summed E-state index contributed by atoms with van der Waals surface area (Å²) in [5.41, 5.74) is 3.41. The van der Waals surface area contributed by atoms with Gasteiger partial charge >= 0.3 is 0 Å². The number of nitrogens with one attached hydrogen (secondary N) is 2. The molecule has 2 aliphatic rings. The minimum absolute atomic E-state index is 0.0269. The zero-order chi connectivity index (χ0) is 14.9. The Hall–Kier alpha value is -2.34. The van der Waals surface area contributed by atoms with Gasteiger partial charge in [-0.15, -0.1) is 0 Å². The second-order valence-electron chi connectivity index (χ2n) is 5.70. The number of amides is 1. The number of fused-ring (bicyclic) bond motifs is 1. The highest BCUT2D eigenvalue weighted by molar-refractivity contribution is 5.94. The van der Waals surface area contributed by atoms with Gasteiger partial charge in [0.2, 0.25) is 5.91 Å². The Kier molecular flexibility index (Phi) is 3.31. The van der Waals surface area contributed by atoms with Crippen LogP contribution < -0.4 is 10.2 Å². The van der Waals surface area contributed by atoms with Gasteiger partial charge in [-0.1, -0.05) is 12.1 Å². The number of aromatic amines is 1. The molecule has 1 unspecified atom stereocenters. The molecule has 2 N–H and O–H groups in total. The molecule has 22 heavy (non-hydrogen) atoms. The summed E-state index contributed by atoms with van der Waals surface area (Å²) >= 11 is 0. The highest BCUT2D eigenvalue weighted by atomic mass is 16.5. The molecule has 0 spiro atoms. The van der Waals surface area contributed by atoms with Crippen LogP contribution in [-0.2, 0) is 9.53 Å². The first-order chi connectivity index (χ1) is 10.8. The van der Waals surface area contributed by atoms with Crippen LogP contribution in [0, 0.1) is 0 Å². The summed E-state index contributed by atoms with van der Waals surface area (Å²) in [6.45, 7) is 3.42. The molecule has 6 heteroatoms. The van der Waals surface area contributed by atoms with Gasteiger partial charge in [0.05, 0.1) is 19.4 Å². The smallest absolute Gasteiger partial charge is 0.226 e. The lowest BCUT2D eigenvalue weighted by Gasteiger charge is -2.29. The summed E-state index contributed by atoms with van der Waals surface area (Å²) in [5.74, 6) is 0.818. The maximum Gasteiger partial charge on any atom is 0.226 e. The molecule has 0 saturated carbocycles. The van der Waals surface area contributed by atoms with Crippen LogP contribution in [0.1, 0.15) is 23.5 Å². The number of hydrogen-bond donors (Lipinski definition) is 2. The highest BCUT2D eigenvalue weighted by Crippen LogP contribution is 2.36. The Labute approximate surface area is 128 Å². The predicted molar refractivity (Wildman–Crippen MR) is 83.2 cm³/mol. The highest BCUT2D eigenvalue weighted by Gasteiger charge is 2.28. The molecule has 1 saturated heterocycles. The monoisotopic (exact) mass is 298 g/mol. The van der Waals surface area contributed by atoms with Gasteiger partial charge in [-0.25, -0.2) is 0 Å². The van der Waals surface area contributed by atoms with Crippen LogP contribution in [0.2, 0.25) is 0 Å². The fourth-order valence-corrected chi connectivity index (χ4v) is 3.18. The molecule has 0 bridgehead atoms. The number of H-pyrrole nitrogens is 1. The standard InChI is InChI=1S/C16H18N4O2/c21-15-9-13(14-10-17-19-16(14)18-15)11-1-3-12(4-2-11)20-5-7-22-8-6-20/h1-4,10,13H,5-9H2,(H2,17,18,19,21). The zero-order valence-electron chi connectivity index (χ0n) is 12.2. The molecule has 2 aliphatic heterocycles. The largest absolute Gasteiger partial charge is 0.378 e. The predicted octanol–water partition coefficient (Wildman–Crippen LogP) is 1.72. The van der Waals surface area contributed by atoms with Crippen molar-refractivity contribution in [2.75, 3.05) is 36.5 Å². The van der Waals surface area contributed by atoms with E-state index in [1.54, 1.807) is 6.20 Å². The molecule has 1 atom stereocenters. The summed E-state index contributed by atoms with van der Waals surface area (Å²) in [6, 6.07) is 8.50. The SMILES string of the molecule is O=C1CC(c2ccc(N3CCOCC3)cc2)c2cn[nH]c2N1. The molecule has 1 fully saturated rings. The van der Waals surface area contributed by atoms with Crippen LogP contribution in [-0.4, -0.2) is 42.4 Å². The summed E-state index contributed by atoms with van der Waals surface area (Å²) in [5, 5.41) is 9.71. The first kappa shape index (κ1) is 13.3. The quantitative estimate of drug-likeness (QED) is 0.885. The molecule has 3 heterocycles. The third kappa shape index (κ3) is 2.35. The lowest BCUT2D eigenvalue weighted by molar-refractivity contribution is -0.116. The van der Waals surface area contributed by atoms with Gasteiger partial charge in [0.15, 0.2) is 0 Å². The molecule has 6 nitrogen and oxygen atoms in total. The van der Waals surface area contributed by atoms with Crippen LogP contribution in [0.15, 0.2) is 30.5 Å². The second kappa shape index (κ2) is 5.46. The van der Waals surface area contributed by atoms with Crippen molar-refractivity contribution in [2.45, 2.75) is 12.3 Å². The van der Waals surface area contributed by atoms with E-state index in [0.717, 1.165) is 43.2 Å². The van der Waals surface area contributed by atoms with E-state index in [0.29, 0.717) is 6.42 Å². The van der Waals surface area contributed by atoms with Gasteiger partial charge < -0.3 is 15.0 Å². The fraction of sp³-hybridized carbons (Fsp3) is 0.375. The maximum absolute atomic E-state index is 11.8. The number of rotatable bonds is 2. The van der Waals surface area contributed by atoms with Gasteiger partial charge in [-0.05, 0) is 17.7 Å². The summed E-state index contributed by atoms with van der Waals surface area (Å²) in [4.78, 5) is 14.2. The Morgan fingerprint density at radius 2 is 1.95 bits per heavy atom. The van der Waals surface area contributed by atoms with E-state index < -0.39 is 0 Å². The summed E-state index contributed by atoms with van der Waals surface area (Å²) < 4.78 is 5.39. The molecule has 1 amide bonds. The molecule has 1 aromatic carbocycles. The van der Waals surface area contributed by atoms with Gasteiger partial charge in [-0.3, -0.25) is 9.89 Å². The average Bonchev–Trinajstić information content (AvgIpc) is 3.03. The molecule has 0 radical (unpaired) electrons. The minimum atomic E-state index is 0.0269. The van der Waals surface area contributed by atoms with E-state index in [4.69, 9.17) is 4.74 Å². The van der Waals surface area contributed by atoms with Crippen molar-refractivity contribution in [2.24, 2.45) is 0 Å². The number of carbonyl (C=O) groups excluding carboxylic acids is 1. The summed E-state index contributed by atoms with van der Waals surface area (Å²) in [6.07, 6.45) is 2.26. The Morgan fingerprint density at radius 1 is 1.18 bits per heavy atom. The molecule has 114 valence electrons. The van der Waals surface area contributed by atoms with E-state index >= 15 is 0 Å². The molecule has 0 aliphatic carbocycles. The van der Waals surface area contributed by atoms with Crippen molar-refractivity contribution in [3.05, 3.63) is 41.6 Å². The number of hydrogen-bond acceptors (Lipinski definition) is 4. The Bertz CT molecular complexity index is 674. The molecule has 4 rings (SSSR count). The number of benzene rings is 1. The Balaban J connectivity index is 1.60. The van der Waals surface area contributed by atoms with Crippen molar-refractivity contribution in [3.63, 3.8) is 0 Å². The maximum atomic E-state index is 11.8. The number of carbonyl (C=O) groups is 1. The third-order valence-corrected chi connectivity index (χ3v) is 4.37.